The molecule has 9 heteroatoms. The maximum Gasteiger partial charge on any atom is 0.337 e. The lowest BCUT2D eigenvalue weighted by Gasteiger charge is -2.09. The van der Waals surface area contributed by atoms with Crippen LogP contribution in [0.15, 0.2) is 55.1 Å². The predicted octanol–water partition coefficient (Wildman–Crippen LogP) is 2.99. The van der Waals surface area contributed by atoms with Crippen molar-refractivity contribution in [2.45, 2.75) is 6.54 Å². The normalized spacial score (nSPS) is 10.2. The van der Waals surface area contributed by atoms with E-state index in [1.54, 1.807) is 36.7 Å². The molecule has 0 unspecified atom stereocenters. The Bertz CT molecular complexity index is 981. The molecule has 0 bridgehead atoms. The van der Waals surface area contributed by atoms with Crippen LogP contribution in [0, 0.1) is 0 Å². The Hall–Kier alpha value is -3.52. The van der Waals surface area contributed by atoms with Crippen LogP contribution in [-0.4, -0.2) is 33.9 Å². The van der Waals surface area contributed by atoms with E-state index in [1.807, 2.05) is 6.07 Å². The number of benzene rings is 1. The monoisotopic (exact) mass is 397 g/mol. The fraction of sp³-hybridized carbons (Fsp3) is 0.105. The van der Waals surface area contributed by atoms with E-state index in [0.717, 1.165) is 5.56 Å². The van der Waals surface area contributed by atoms with Crippen LogP contribution in [0.4, 0.5) is 11.5 Å². The number of amides is 1. The number of esters is 1. The summed E-state index contributed by atoms with van der Waals surface area (Å²) in [5, 5.41) is 6.10. The average Bonchev–Trinajstić information content (AvgIpc) is 2.74. The first-order valence-corrected chi connectivity index (χ1v) is 8.58. The molecule has 2 N–H and O–H groups in total. The average molecular weight is 398 g/mol. The van der Waals surface area contributed by atoms with E-state index < -0.39 is 5.97 Å². The third-order valence-corrected chi connectivity index (χ3v) is 4.04. The van der Waals surface area contributed by atoms with Gasteiger partial charge in [0.25, 0.3) is 5.91 Å². The predicted molar refractivity (Wildman–Crippen MR) is 104 cm³/mol. The van der Waals surface area contributed by atoms with Crippen molar-refractivity contribution >= 4 is 35.0 Å². The first-order valence-electron chi connectivity index (χ1n) is 8.21. The van der Waals surface area contributed by atoms with E-state index >= 15 is 0 Å². The van der Waals surface area contributed by atoms with Crippen molar-refractivity contribution in [3.05, 3.63) is 77.0 Å². The van der Waals surface area contributed by atoms with Crippen molar-refractivity contribution in [3.63, 3.8) is 0 Å². The topological polar surface area (TPSA) is 106 Å². The Morgan fingerprint density at radius 3 is 2.68 bits per heavy atom. The molecule has 0 saturated heterocycles. The SMILES string of the molecule is COC(=O)c1ccc(Cl)c(Nc2cnc(C(=O)NCc3cccnc3)cn2)c1. The number of carbonyl (C=O) groups excluding carboxylic acids is 2. The zero-order chi connectivity index (χ0) is 19.9. The molecule has 0 saturated carbocycles. The maximum atomic E-state index is 12.2. The Balaban J connectivity index is 1.66. The maximum absolute atomic E-state index is 12.2. The molecule has 0 fully saturated rings. The summed E-state index contributed by atoms with van der Waals surface area (Å²) < 4.78 is 4.69. The number of ether oxygens (including phenoxy) is 1. The number of rotatable bonds is 6. The number of anilines is 2. The summed E-state index contributed by atoms with van der Waals surface area (Å²) >= 11 is 6.14. The van der Waals surface area contributed by atoms with Crippen LogP contribution in [0.25, 0.3) is 0 Å². The Morgan fingerprint density at radius 1 is 1.14 bits per heavy atom. The largest absolute Gasteiger partial charge is 0.465 e. The summed E-state index contributed by atoms with van der Waals surface area (Å²) in [5.74, 6) is -0.465. The van der Waals surface area contributed by atoms with Gasteiger partial charge in [-0.05, 0) is 29.8 Å². The Labute approximate surface area is 166 Å². The van der Waals surface area contributed by atoms with Crippen LogP contribution in [-0.2, 0) is 11.3 Å². The number of carbonyl (C=O) groups is 2. The fourth-order valence-corrected chi connectivity index (χ4v) is 2.45. The van der Waals surface area contributed by atoms with Crippen LogP contribution < -0.4 is 10.6 Å². The van der Waals surface area contributed by atoms with Gasteiger partial charge < -0.3 is 15.4 Å². The molecule has 1 aromatic carbocycles. The highest BCUT2D eigenvalue weighted by Crippen LogP contribution is 2.26. The smallest absolute Gasteiger partial charge is 0.337 e. The van der Waals surface area contributed by atoms with Crippen LogP contribution >= 0.6 is 11.6 Å². The molecule has 3 aromatic rings. The summed E-state index contributed by atoms with van der Waals surface area (Å²) in [4.78, 5) is 36.1. The number of hydrogen-bond donors (Lipinski definition) is 2. The molecule has 8 nitrogen and oxygen atoms in total. The highest BCUT2D eigenvalue weighted by molar-refractivity contribution is 6.33. The first-order chi connectivity index (χ1) is 13.6. The summed E-state index contributed by atoms with van der Waals surface area (Å²) in [6.07, 6.45) is 6.08. The van der Waals surface area contributed by atoms with E-state index in [0.29, 0.717) is 28.6 Å². The van der Waals surface area contributed by atoms with Crippen LogP contribution in [0.5, 0.6) is 0 Å². The zero-order valence-electron chi connectivity index (χ0n) is 14.8. The van der Waals surface area contributed by atoms with Gasteiger partial charge in [0.05, 0.1) is 35.8 Å². The number of hydrogen-bond acceptors (Lipinski definition) is 7. The summed E-state index contributed by atoms with van der Waals surface area (Å²) in [6.45, 7) is 0.338. The molecule has 28 heavy (non-hydrogen) atoms. The van der Waals surface area contributed by atoms with Crippen molar-refractivity contribution in [1.29, 1.82) is 0 Å². The molecule has 142 valence electrons. The number of halogens is 1. The Kier molecular flexibility index (Phi) is 6.13. The van der Waals surface area contributed by atoms with Gasteiger partial charge in [-0.3, -0.25) is 9.78 Å². The highest BCUT2D eigenvalue weighted by Gasteiger charge is 2.11. The highest BCUT2D eigenvalue weighted by atomic mass is 35.5. The van der Waals surface area contributed by atoms with Gasteiger partial charge in [-0.2, -0.15) is 0 Å². The summed E-state index contributed by atoms with van der Waals surface area (Å²) in [7, 11) is 1.30. The molecule has 2 aromatic heterocycles. The molecule has 0 aliphatic rings. The number of methoxy groups -OCH3 is 1. The van der Waals surface area contributed by atoms with Gasteiger partial charge in [0.2, 0.25) is 0 Å². The summed E-state index contributed by atoms with van der Waals surface area (Å²) in [6, 6.07) is 8.33. The molecular weight excluding hydrogens is 382 g/mol. The molecule has 2 heterocycles. The van der Waals surface area contributed by atoms with E-state index in [1.165, 1.54) is 19.5 Å². The van der Waals surface area contributed by atoms with Gasteiger partial charge in [0.15, 0.2) is 0 Å². The zero-order valence-corrected chi connectivity index (χ0v) is 15.6. The second-order valence-corrected chi connectivity index (χ2v) is 6.05. The number of nitrogens with zero attached hydrogens (tertiary/aromatic N) is 3. The van der Waals surface area contributed by atoms with Gasteiger partial charge in [-0.1, -0.05) is 17.7 Å². The van der Waals surface area contributed by atoms with Crippen molar-refractivity contribution in [1.82, 2.24) is 20.3 Å². The number of aromatic nitrogens is 3. The van der Waals surface area contributed by atoms with E-state index in [2.05, 4.69) is 25.6 Å². The molecule has 0 spiro atoms. The minimum Gasteiger partial charge on any atom is -0.465 e. The van der Waals surface area contributed by atoms with Crippen molar-refractivity contribution < 1.29 is 14.3 Å². The lowest BCUT2D eigenvalue weighted by atomic mass is 10.2. The molecule has 0 aliphatic heterocycles. The number of nitrogens with one attached hydrogen (secondary N) is 2. The van der Waals surface area contributed by atoms with Crippen molar-refractivity contribution in [2.75, 3.05) is 12.4 Å². The van der Waals surface area contributed by atoms with Gasteiger partial charge in [-0.25, -0.2) is 14.8 Å². The molecule has 0 aliphatic carbocycles. The third kappa shape index (κ3) is 4.80. The van der Waals surface area contributed by atoms with E-state index in [9.17, 15) is 9.59 Å². The lowest BCUT2D eigenvalue weighted by molar-refractivity contribution is 0.0600. The van der Waals surface area contributed by atoms with Gasteiger partial charge in [-0.15, -0.1) is 0 Å². The van der Waals surface area contributed by atoms with Crippen molar-refractivity contribution in [3.8, 4) is 0 Å². The van der Waals surface area contributed by atoms with E-state index in [-0.39, 0.29) is 11.6 Å². The van der Waals surface area contributed by atoms with Crippen LogP contribution in [0.3, 0.4) is 0 Å². The quantitative estimate of drug-likeness (QED) is 0.616. The molecule has 3 rings (SSSR count). The van der Waals surface area contributed by atoms with Crippen molar-refractivity contribution in [2.24, 2.45) is 0 Å². The lowest BCUT2D eigenvalue weighted by Crippen LogP contribution is -2.24. The molecule has 0 radical (unpaired) electrons. The van der Waals surface area contributed by atoms with Crippen LogP contribution in [0.1, 0.15) is 26.4 Å². The minimum absolute atomic E-state index is 0.170. The molecular formula is C19H16ClN5O3. The first kappa shape index (κ1) is 19.2. The standard InChI is InChI=1S/C19H16ClN5O3/c1-28-19(27)13-4-5-14(20)15(7-13)25-17-11-22-16(10-23-17)18(26)24-9-12-3-2-6-21-8-12/h2-8,10-11H,9H2,1H3,(H,23,25)(H,24,26). The van der Waals surface area contributed by atoms with Gasteiger partial charge >= 0.3 is 5.97 Å². The summed E-state index contributed by atoms with van der Waals surface area (Å²) in [5.41, 5.74) is 1.85. The number of pyridine rings is 1. The van der Waals surface area contributed by atoms with Gasteiger partial charge in [0.1, 0.15) is 11.5 Å². The minimum atomic E-state index is -0.480. The second-order valence-electron chi connectivity index (χ2n) is 5.64. The second kappa shape index (κ2) is 8.92. The van der Waals surface area contributed by atoms with Crippen LogP contribution in [0.2, 0.25) is 5.02 Å². The van der Waals surface area contributed by atoms with Gasteiger partial charge in [0, 0.05) is 18.9 Å². The third-order valence-electron chi connectivity index (χ3n) is 3.71. The van der Waals surface area contributed by atoms with E-state index in [4.69, 9.17) is 16.3 Å². The molecule has 0 atom stereocenters. The Morgan fingerprint density at radius 2 is 2.00 bits per heavy atom. The fourth-order valence-electron chi connectivity index (χ4n) is 2.29. The molecule has 1 amide bonds.